The highest BCUT2D eigenvalue weighted by atomic mass is 35.5. The molecule has 22 heavy (non-hydrogen) atoms. The van der Waals surface area contributed by atoms with Crippen molar-refractivity contribution in [2.24, 2.45) is 5.92 Å². The fourth-order valence-electron chi connectivity index (χ4n) is 3.68. The van der Waals surface area contributed by atoms with Crippen molar-refractivity contribution >= 4 is 18.3 Å². The molecule has 0 spiro atoms. The van der Waals surface area contributed by atoms with Crippen LogP contribution < -0.4 is 5.32 Å². The zero-order chi connectivity index (χ0) is 15.1. The second kappa shape index (κ2) is 10.4. The van der Waals surface area contributed by atoms with Gasteiger partial charge in [-0.05, 0) is 38.0 Å². The number of carbonyl (C=O) groups is 1. The average Bonchev–Trinajstić information content (AvgIpc) is 2.81. The summed E-state index contributed by atoms with van der Waals surface area (Å²) in [4.78, 5) is 14.5. The summed E-state index contributed by atoms with van der Waals surface area (Å²) in [6, 6.07) is 1.31. The van der Waals surface area contributed by atoms with E-state index >= 15 is 0 Å². The second-order valence-electron chi connectivity index (χ2n) is 6.40. The Morgan fingerprint density at radius 2 is 1.73 bits per heavy atom. The summed E-state index contributed by atoms with van der Waals surface area (Å²) in [7, 11) is 3.38. The van der Waals surface area contributed by atoms with Crippen molar-refractivity contribution in [2.75, 3.05) is 40.5 Å². The van der Waals surface area contributed by atoms with Crippen LogP contribution in [-0.2, 0) is 14.3 Å². The average molecular weight is 335 g/mol. The van der Waals surface area contributed by atoms with Crippen LogP contribution in [0.3, 0.4) is 0 Å². The van der Waals surface area contributed by atoms with Gasteiger partial charge in [-0.2, -0.15) is 0 Å². The fourth-order valence-corrected chi connectivity index (χ4v) is 3.68. The van der Waals surface area contributed by atoms with Crippen LogP contribution in [0.15, 0.2) is 0 Å². The zero-order valence-electron chi connectivity index (χ0n) is 13.9. The molecule has 2 aliphatic heterocycles. The molecular weight excluding hydrogens is 304 g/mol. The minimum Gasteiger partial charge on any atom is -0.385 e. The summed E-state index contributed by atoms with van der Waals surface area (Å²) in [6.45, 7) is 2.77. The standard InChI is InChI=1S/C16H30N2O3.ClH/c1-20-8-3-6-18(7-9-21-2)16(19)12-13-10-14-4-5-15(11-13)17-14;/h13-15,17H,3-12H2,1-2H3;1H. The maximum atomic E-state index is 12.6. The number of nitrogens with zero attached hydrogens (tertiary/aromatic N) is 1. The third-order valence-electron chi connectivity index (χ3n) is 4.73. The number of methoxy groups -OCH3 is 2. The van der Waals surface area contributed by atoms with Crippen molar-refractivity contribution in [2.45, 2.75) is 50.6 Å². The molecule has 2 rings (SSSR count). The van der Waals surface area contributed by atoms with Crippen molar-refractivity contribution in [1.82, 2.24) is 10.2 Å². The number of amides is 1. The Morgan fingerprint density at radius 3 is 2.32 bits per heavy atom. The van der Waals surface area contributed by atoms with Crippen LogP contribution in [0.25, 0.3) is 0 Å². The van der Waals surface area contributed by atoms with Crippen molar-refractivity contribution in [3.05, 3.63) is 0 Å². The van der Waals surface area contributed by atoms with Crippen LogP contribution in [0.4, 0.5) is 0 Å². The lowest BCUT2D eigenvalue weighted by atomic mass is 9.89. The Kier molecular flexibility index (Phi) is 9.33. The highest BCUT2D eigenvalue weighted by Crippen LogP contribution is 2.32. The van der Waals surface area contributed by atoms with Gasteiger partial charge in [-0.3, -0.25) is 4.79 Å². The van der Waals surface area contributed by atoms with Crippen LogP contribution in [0.5, 0.6) is 0 Å². The van der Waals surface area contributed by atoms with Gasteiger partial charge in [0.05, 0.1) is 6.61 Å². The molecule has 0 saturated carbocycles. The molecule has 2 fully saturated rings. The maximum absolute atomic E-state index is 12.6. The smallest absolute Gasteiger partial charge is 0.222 e. The number of fused-ring (bicyclic) bond motifs is 2. The van der Waals surface area contributed by atoms with Crippen molar-refractivity contribution in [3.63, 3.8) is 0 Å². The third-order valence-corrected chi connectivity index (χ3v) is 4.73. The molecular formula is C16H31ClN2O3. The number of ether oxygens (including phenoxy) is 2. The predicted octanol–water partition coefficient (Wildman–Crippen LogP) is 1.84. The van der Waals surface area contributed by atoms with Gasteiger partial charge in [0.25, 0.3) is 0 Å². The molecule has 0 radical (unpaired) electrons. The fraction of sp³-hybridized carbons (Fsp3) is 0.938. The Hall–Kier alpha value is -0.360. The van der Waals surface area contributed by atoms with Crippen molar-refractivity contribution in [1.29, 1.82) is 0 Å². The number of rotatable bonds is 9. The van der Waals surface area contributed by atoms with E-state index in [0.717, 1.165) is 13.0 Å². The molecule has 0 aromatic carbocycles. The van der Waals surface area contributed by atoms with E-state index in [1.807, 2.05) is 4.90 Å². The molecule has 2 heterocycles. The molecule has 1 amide bonds. The normalized spacial score (nSPS) is 26.5. The first-order valence-corrected chi connectivity index (χ1v) is 8.24. The Morgan fingerprint density at radius 1 is 1.09 bits per heavy atom. The molecule has 0 aromatic rings. The van der Waals surface area contributed by atoms with Crippen LogP contribution in [0.1, 0.15) is 38.5 Å². The van der Waals surface area contributed by atoms with E-state index in [-0.39, 0.29) is 18.3 Å². The van der Waals surface area contributed by atoms with Gasteiger partial charge in [-0.15, -0.1) is 12.4 Å². The van der Waals surface area contributed by atoms with Gasteiger partial charge >= 0.3 is 0 Å². The minimum atomic E-state index is 0. The summed E-state index contributed by atoms with van der Waals surface area (Å²) in [6.07, 6.45) is 6.50. The molecule has 130 valence electrons. The Bertz CT molecular complexity index is 319. The largest absolute Gasteiger partial charge is 0.385 e. The molecule has 2 unspecified atom stereocenters. The maximum Gasteiger partial charge on any atom is 0.222 e. The number of carbonyl (C=O) groups excluding carboxylic acids is 1. The van der Waals surface area contributed by atoms with Crippen LogP contribution in [-0.4, -0.2) is 63.4 Å². The van der Waals surface area contributed by atoms with Gasteiger partial charge in [-0.1, -0.05) is 0 Å². The number of nitrogens with one attached hydrogen (secondary N) is 1. The van der Waals surface area contributed by atoms with Gasteiger partial charge in [-0.25, -0.2) is 0 Å². The van der Waals surface area contributed by atoms with Crippen LogP contribution in [0.2, 0.25) is 0 Å². The highest BCUT2D eigenvalue weighted by molar-refractivity contribution is 5.85. The van der Waals surface area contributed by atoms with E-state index in [0.29, 0.717) is 44.2 Å². The first kappa shape index (κ1) is 19.7. The summed E-state index contributed by atoms with van der Waals surface area (Å²) >= 11 is 0. The lowest BCUT2D eigenvalue weighted by molar-refractivity contribution is -0.133. The van der Waals surface area contributed by atoms with Gasteiger partial charge < -0.3 is 19.7 Å². The summed E-state index contributed by atoms with van der Waals surface area (Å²) in [5.41, 5.74) is 0. The van der Waals surface area contributed by atoms with Crippen molar-refractivity contribution in [3.8, 4) is 0 Å². The van der Waals surface area contributed by atoms with Gasteiger partial charge in [0.2, 0.25) is 5.91 Å². The molecule has 2 atom stereocenters. The molecule has 2 bridgehead atoms. The Balaban J connectivity index is 0.00000242. The first-order valence-electron chi connectivity index (χ1n) is 8.24. The predicted molar refractivity (Wildman–Crippen MR) is 89.5 cm³/mol. The SMILES string of the molecule is COCCCN(CCOC)C(=O)CC1CC2CCC(C1)N2.Cl. The molecule has 6 heteroatoms. The van der Waals surface area contributed by atoms with E-state index in [1.54, 1.807) is 14.2 Å². The topological polar surface area (TPSA) is 50.8 Å². The van der Waals surface area contributed by atoms with E-state index in [2.05, 4.69) is 5.32 Å². The third kappa shape index (κ3) is 6.03. The zero-order valence-corrected chi connectivity index (χ0v) is 14.7. The van der Waals surface area contributed by atoms with Gasteiger partial charge in [0.1, 0.15) is 0 Å². The summed E-state index contributed by atoms with van der Waals surface area (Å²) in [5, 5.41) is 3.64. The second-order valence-corrected chi connectivity index (χ2v) is 6.40. The number of hydrogen-bond donors (Lipinski definition) is 1. The van der Waals surface area contributed by atoms with E-state index in [4.69, 9.17) is 9.47 Å². The lowest BCUT2D eigenvalue weighted by Crippen LogP contribution is -2.41. The summed E-state index contributed by atoms with van der Waals surface area (Å²) in [5.74, 6) is 0.846. The molecule has 1 N–H and O–H groups in total. The number of halogens is 1. The van der Waals surface area contributed by atoms with Crippen LogP contribution >= 0.6 is 12.4 Å². The summed E-state index contributed by atoms with van der Waals surface area (Å²) < 4.78 is 10.2. The van der Waals surface area contributed by atoms with E-state index < -0.39 is 0 Å². The van der Waals surface area contributed by atoms with Gasteiger partial charge in [0.15, 0.2) is 0 Å². The van der Waals surface area contributed by atoms with Crippen LogP contribution in [0, 0.1) is 5.92 Å². The lowest BCUT2D eigenvalue weighted by Gasteiger charge is -2.31. The number of piperidine rings is 1. The quantitative estimate of drug-likeness (QED) is 0.654. The number of hydrogen-bond acceptors (Lipinski definition) is 4. The van der Waals surface area contributed by atoms with Gasteiger partial charge in [0, 0.05) is 52.4 Å². The molecule has 5 nitrogen and oxygen atoms in total. The molecule has 0 aliphatic carbocycles. The van der Waals surface area contributed by atoms with E-state index in [1.165, 1.54) is 25.7 Å². The first-order chi connectivity index (χ1) is 10.2. The molecule has 2 aliphatic rings. The molecule has 2 saturated heterocycles. The minimum absolute atomic E-state index is 0. The highest BCUT2D eigenvalue weighted by Gasteiger charge is 2.34. The molecule has 0 aromatic heterocycles. The Labute approximate surface area is 140 Å². The van der Waals surface area contributed by atoms with E-state index in [9.17, 15) is 4.79 Å². The van der Waals surface area contributed by atoms with Crippen molar-refractivity contribution < 1.29 is 14.3 Å². The monoisotopic (exact) mass is 334 g/mol.